The van der Waals surface area contributed by atoms with E-state index < -0.39 is 0 Å². The normalized spacial score (nSPS) is 12.3. The van der Waals surface area contributed by atoms with Crippen LogP contribution in [-0.4, -0.2) is 17.6 Å². The Labute approximate surface area is 105 Å². The molecule has 0 fully saturated rings. The molecule has 94 valence electrons. The summed E-state index contributed by atoms with van der Waals surface area (Å²) in [5, 5.41) is 3.56. The van der Waals surface area contributed by atoms with Gasteiger partial charge in [0.2, 0.25) is 0 Å². The average molecular weight is 232 g/mol. The number of hydrogen-bond acceptors (Lipinski definition) is 2. The second-order valence-corrected chi connectivity index (χ2v) is 4.37. The molecule has 17 heavy (non-hydrogen) atoms. The van der Waals surface area contributed by atoms with Crippen LogP contribution >= 0.6 is 0 Å². The van der Waals surface area contributed by atoms with Gasteiger partial charge in [-0.1, -0.05) is 19.1 Å². The molecule has 1 unspecified atom stereocenters. The second-order valence-electron chi connectivity index (χ2n) is 4.37. The van der Waals surface area contributed by atoms with Crippen molar-refractivity contribution in [3.63, 3.8) is 0 Å². The fourth-order valence-electron chi connectivity index (χ4n) is 2.03. The lowest BCUT2D eigenvalue weighted by Gasteiger charge is -2.17. The quantitative estimate of drug-likeness (QED) is 0.522. The van der Waals surface area contributed by atoms with E-state index >= 15 is 0 Å². The Morgan fingerprint density at radius 1 is 1.47 bits per heavy atom. The molecule has 0 aliphatic heterocycles. The summed E-state index contributed by atoms with van der Waals surface area (Å²) in [5.41, 5.74) is 1.33. The zero-order chi connectivity index (χ0) is 12.3. The third-order valence-electron chi connectivity index (χ3n) is 2.96. The van der Waals surface area contributed by atoms with Crippen LogP contribution in [0, 0.1) is 0 Å². The maximum atomic E-state index is 4.15. The van der Waals surface area contributed by atoms with Gasteiger partial charge in [0.15, 0.2) is 0 Å². The first-order valence-corrected chi connectivity index (χ1v) is 6.60. The molecule has 1 atom stereocenters. The van der Waals surface area contributed by atoms with E-state index in [1.807, 2.05) is 24.5 Å². The van der Waals surface area contributed by atoms with Crippen molar-refractivity contribution in [2.45, 2.75) is 45.1 Å². The molecule has 1 heterocycles. The summed E-state index contributed by atoms with van der Waals surface area (Å²) in [7, 11) is 0. The number of nitrogens with zero attached hydrogens (tertiary/aromatic N) is 1. The molecule has 0 saturated heterocycles. The van der Waals surface area contributed by atoms with Crippen LogP contribution < -0.4 is 5.32 Å². The summed E-state index contributed by atoms with van der Waals surface area (Å²) in [5.74, 6) is 0. The lowest BCUT2D eigenvalue weighted by Crippen LogP contribution is -2.29. The van der Waals surface area contributed by atoms with E-state index in [0.29, 0.717) is 6.04 Å². The van der Waals surface area contributed by atoms with Gasteiger partial charge in [0, 0.05) is 18.4 Å². The zero-order valence-electron chi connectivity index (χ0n) is 10.9. The Balaban J connectivity index is 2.30. The second kappa shape index (κ2) is 8.94. The standard InChI is InChI=1S/C15H24N2/c1-3-5-6-9-15(17-4-2)11-10-14-8-7-12-16-13-14/h3,7-8,12-13,15,17H,1,4-6,9-11H2,2H3. The fraction of sp³-hybridized carbons (Fsp3) is 0.533. The fourth-order valence-corrected chi connectivity index (χ4v) is 2.03. The first-order valence-electron chi connectivity index (χ1n) is 6.60. The van der Waals surface area contributed by atoms with Crippen LogP contribution in [-0.2, 0) is 6.42 Å². The maximum Gasteiger partial charge on any atom is 0.0299 e. The molecule has 0 bridgehead atoms. The Kier molecular flexibility index (Phi) is 7.32. The van der Waals surface area contributed by atoms with Crippen molar-refractivity contribution >= 4 is 0 Å². The van der Waals surface area contributed by atoms with Crippen molar-refractivity contribution in [2.75, 3.05) is 6.54 Å². The molecule has 2 heteroatoms. The smallest absolute Gasteiger partial charge is 0.0299 e. The molecule has 0 radical (unpaired) electrons. The van der Waals surface area contributed by atoms with Gasteiger partial charge in [-0.25, -0.2) is 0 Å². The summed E-state index contributed by atoms with van der Waals surface area (Å²) in [6.45, 7) is 6.99. The van der Waals surface area contributed by atoms with Crippen LogP contribution in [0.2, 0.25) is 0 Å². The number of rotatable bonds is 9. The molecule has 0 aromatic carbocycles. The Morgan fingerprint density at radius 2 is 2.35 bits per heavy atom. The van der Waals surface area contributed by atoms with E-state index in [9.17, 15) is 0 Å². The maximum absolute atomic E-state index is 4.15. The van der Waals surface area contributed by atoms with Gasteiger partial charge in [-0.2, -0.15) is 0 Å². The van der Waals surface area contributed by atoms with Crippen molar-refractivity contribution in [2.24, 2.45) is 0 Å². The highest BCUT2D eigenvalue weighted by atomic mass is 14.9. The van der Waals surface area contributed by atoms with Gasteiger partial charge in [-0.05, 0) is 50.3 Å². The van der Waals surface area contributed by atoms with E-state index in [1.165, 1.54) is 24.8 Å². The summed E-state index contributed by atoms with van der Waals surface area (Å²) >= 11 is 0. The van der Waals surface area contributed by atoms with Crippen molar-refractivity contribution in [3.05, 3.63) is 42.7 Å². The molecule has 0 saturated carbocycles. The Morgan fingerprint density at radius 3 is 3.00 bits per heavy atom. The van der Waals surface area contributed by atoms with Crippen LogP contribution in [0.5, 0.6) is 0 Å². The summed E-state index contributed by atoms with van der Waals surface area (Å²) < 4.78 is 0. The SMILES string of the molecule is C=CCCCC(CCc1cccnc1)NCC. The molecule has 1 rings (SSSR count). The van der Waals surface area contributed by atoms with Crippen LogP contribution in [0.3, 0.4) is 0 Å². The Bertz CT molecular complexity index is 295. The monoisotopic (exact) mass is 232 g/mol. The molecule has 0 aliphatic rings. The van der Waals surface area contributed by atoms with E-state index in [2.05, 4.69) is 29.9 Å². The number of aryl methyl sites for hydroxylation is 1. The molecular weight excluding hydrogens is 208 g/mol. The van der Waals surface area contributed by atoms with E-state index in [4.69, 9.17) is 0 Å². The minimum Gasteiger partial charge on any atom is -0.314 e. The third kappa shape index (κ3) is 6.22. The number of hydrogen-bond donors (Lipinski definition) is 1. The number of pyridine rings is 1. The molecule has 1 aromatic rings. The molecule has 0 amide bonds. The summed E-state index contributed by atoms with van der Waals surface area (Å²) in [6, 6.07) is 4.79. The van der Waals surface area contributed by atoms with Gasteiger partial charge >= 0.3 is 0 Å². The van der Waals surface area contributed by atoms with E-state index in [1.54, 1.807) is 0 Å². The van der Waals surface area contributed by atoms with Gasteiger partial charge in [0.25, 0.3) is 0 Å². The number of nitrogens with one attached hydrogen (secondary N) is 1. The average Bonchev–Trinajstić information content (AvgIpc) is 2.37. The number of allylic oxidation sites excluding steroid dienone is 1. The van der Waals surface area contributed by atoms with Gasteiger partial charge in [0.1, 0.15) is 0 Å². The topological polar surface area (TPSA) is 24.9 Å². The Hall–Kier alpha value is -1.15. The minimum atomic E-state index is 0.625. The molecule has 0 spiro atoms. The highest BCUT2D eigenvalue weighted by Gasteiger charge is 2.06. The van der Waals surface area contributed by atoms with Gasteiger partial charge in [-0.15, -0.1) is 6.58 Å². The van der Waals surface area contributed by atoms with Gasteiger partial charge in [0.05, 0.1) is 0 Å². The molecule has 2 nitrogen and oxygen atoms in total. The van der Waals surface area contributed by atoms with Crippen molar-refractivity contribution in [1.29, 1.82) is 0 Å². The number of aromatic nitrogens is 1. The highest BCUT2D eigenvalue weighted by molar-refractivity contribution is 5.08. The van der Waals surface area contributed by atoms with Crippen LogP contribution in [0.25, 0.3) is 0 Å². The van der Waals surface area contributed by atoms with Crippen molar-refractivity contribution in [1.82, 2.24) is 10.3 Å². The number of unbranched alkanes of at least 4 members (excludes halogenated alkanes) is 1. The predicted octanol–water partition coefficient (Wildman–Crippen LogP) is 3.35. The molecule has 1 N–H and O–H groups in total. The lowest BCUT2D eigenvalue weighted by molar-refractivity contribution is 0.453. The van der Waals surface area contributed by atoms with E-state index in [0.717, 1.165) is 19.4 Å². The minimum absolute atomic E-state index is 0.625. The first-order chi connectivity index (χ1) is 8.36. The zero-order valence-corrected chi connectivity index (χ0v) is 10.9. The predicted molar refractivity (Wildman–Crippen MR) is 74.1 cm³/mol. The molecular formula is C15H24N2. The largest absolute Gasteiger partial charge is 0.314 e. The van der Waals surface area contributed by atoms with Gasteiger partial charge < -0.3 is 5.32 Å². The van der Waals surface area contributed by atoms with Gasteiger partial charge in [-0.3, -0.25) is 4.98 Å². The molecule has 0 aliphatic carbocycles. The lowest BCUT2D eigenvalue weighted by atomic mass is 10.0. The first kappa shape index (κ1) is 13.9. The van der Waals surface area contributed by atoms with Crippen LogP contribution in [0.4, 0.5) is 0 Å². The summed E-state index contributed by atoms with van der Waals surface area (Å²) in [6.07, 6.45) is 11.7. The molecule has 1 aromatic heterocycles. The van der Waals surface area contributed by atoms with Crippen LogP contribution in [0.1, 0.15) is 38.2 Å². The van der Waals surface area contributed by atoms with Crippen LogP contribution in [0.15, 0.2) is 37.2 Å². The summed E-state index contributed by atoms with van der Waals surface area (Å²) in [4.78, 5) is 4.15. The van der Waals surface area contributed by atoms with Crippen molar-refractivity contribution in [3.8, 4) is 0 Å². The van der Waals surface area contributed by atoms with Crippen molar-refractivity contribution < 1.29 is 0 Å². The third-order valence-corrected chi connectivity index (χ3v) is 2.96. The van der Waals surface area contributed by atoms with E-state index in [-0.39, 0.29) is 0 Å². The highest BCUT2D eigenvalue weighted by Crippen LogP contribution is 2.09.